The van der Waals surface area contributed by atoms with E-state index < -0.39 is 0 Å². The minimum absolute atomic E-state index is 0.181. The van der Waals surface area contributed by atoms with Gasteiger partial charge < -0.3 is 10.2 Å². The quantitative estimate of drug-likeness (QED) is 0.437. The van der Waals surface area contributed by atoms with E-state index in [0.717, 1.165) is 21.2 Å². The molecular weight excluding hydrogens is 352 g/mol. The van der Waals surface area contributed by atoms with Crippen molar-refractivity contribution in [3.63, 3.8) is 0 Å². The maximum Gasteiger partial charge on any atom is 0.258 e. The zero-order valence-corrected chi connectivity index (χ0v) is 15.1. The van der Waals surface area contributed by atoms with Gasteiger partial charge in [0.15, 0.2) is 5.11 Å². The fraction of sp³-hybridized carbons (Fsp3) is 0.111. The van der Waals surface area contributed by atoms with Crippen molar-refractivity contribution in [1.82, 2.24) is 16.2 Å². The number of nitrogens with one attached hydrogen (secondary N) is 3. The fourth-order valence-corrected chi connectivity index (χ4v) is 3.70. The Labute approximate surface area is 156 Å². The van der Waals surface area contributed by atoms with Crippen molar-refractivity contribution < 1.29 is 4.79 Å². The lowest BCUT2D eigenvalue weighted by atomic mass is 10.2. The molecule has 0 atom stereocenters. The highest BCUT2D eigenvalue weighted by atomic mass is 32.2. The number of amides is 1. The molecule has 0 fully saturated rings. The van der Waals surface area contributed by atoms with E-state index >= 15 is 0 Å². The zero-order valence-electron chi connectivity index (χ0n) is 13.5. The molecule has 2 aromatic rings. The summed E-state index contributed by atoms with van der Waals surface area (Å²) in [6.45, 7) is 4.32. The molecule has 0 unspecified atom stereocenters. The summed E-state index contributed by atoms with van der Waals surface area (Å²) in [5.74, 6) is -0.181. The normalized spacial score (nSPS) is 11.8. The summed E-state index contributed by atoms with van der Waals surface area (Å²) in [5, 5.41) is 3.24. The highest BCUT2D eigenvalue weighted by Gasteiger charge is 2.24. The van der Waals surface area contributed by atoms with Crippen molar-refractivity contribution in [2.75, 3.05) is 18.0 Å². The third kappa shape index (κ3) is 4.12. The van der Waals surface area contributed by atoms with Gasteiger partial charge in [-0.3, -0.25) is 15.6 Å². The maximum atomic E-state index is 12.4. The molecule has 3 N–H and O–H groups in total. The van der Waals surface area contributed by atoms with Crippen molar-refractivity contribution in [3.05, 3.63) is 61.2 Å². The molecule has 0 saturated heterocycles. The van der Waals surface area contributed by atoms with Gasteiger partial charge in [0, 0.05) is 16.3 Å². The molecule has 0 spiro atoms. The average molecular weight is 371 g/mol. The van der Waals surface area contributed by atoms with Crippen LogP contribution in [-0.2, 0) is 4.79 Å². The second-order valence-corrected chi connectivity index (χ2v) is 6.79. The van der Waals surface area contributed by atoms with Crippen molar-refractivity contribution >= 4 is 46.4 Å². The van der Waals surface area contributed by atoms with E-state index in [2.05, 4.69) is 34.9 Å². The third-order valence-corrected chi connectivity index (χ3v) is 4.93. The van der Waals surface area contributed by atoms with Crippen molar-refractivity contribution in [3.8, 4) is 0 Å². The number of hydrazine groups is 1. The summed E-state index contributed by atoms with van der Waals surface area (Å²) in [7, 11) is 0. The predicted octanol–water partition coefficient (Wildman–Crippen LogP) is 2.97. The number of carbonyl (C=O) groups excluding carboxylic acids is 1. The maximum absolute atomic E-state index is 12.4. The summed E-state index contributed by atoms with van der Waals surface area (Å²) in [5.41, 5.74) is 7.36. The van der Waals surface area contributed by atoms with Crippen LogP contribution in [0.1, 0.15) is 0 Å². The molecule has 0 bridgehead atoms. The predicted molar refractivity (Wildman–Crippen MR) is 106 cm³/mol. The van der Waals surface area contributed by atoms with Gasteiger partial charge in [-0.05, 0) is 36.5 Å². The molecule has 0 saturated carbocycles. The van der Waals surface area contributed by atoms with Crippen LogP contribution < -0.4 is 21.1 Å². The molecular formula is C18H18N4OS2. The molecule has 1 aliphatic rings. The first-order valence-corrected chi connectivity index (χ1v) is 8.98. The number of carbonyl (C=O) groups is 1. The number of hydrogen-bond acceptors (Lipinski definition) is 4. The van der Waals surface area contributed by atoms with E-state index in [1.807, 2.05) is 41.3 Å². The molecule has 5 nitrogen and oxygen atoms in total. The number of rotatable bonds is 4. The van der Waals surface area contributed by atoms with Gasteiger partial charge in [-0.2, -0.15) is 0 Å². The average Bonchev–Trinajstić information content (AvgIpc) is 2.64. The Bertz CT molecular complexity index is 764. The Kier molecular flexibility index (Phi) is 5.57. The molecule has 7 heteroatoms. The SMILES string of the molecule is C=CCNC(=S)NNC(=O)CN1c2ccccc2Sc2ccccc21. The van der Waals surface area contributed by atoms with E-state index in [9.17, 15) is 4.79 Å². The summed E-state index contributed by atoms with van der Waals surface area (Å²) >= 11 is 6.78. The minimum Gasteiger partial charge on any atom is -0.358 e. The van der Waals surface area contributed by atoms with Crippen LogP contribution in [0.15, 0.2) is 71.0 Å². The Morgan fingerprint density at radius 1 is 1.08 bits per heavy atom. The topological polar surface area (TPSA) is 56.4 Å². The van der Waals surface area contributed by atoms with Gasteiger partial charge in [0.1, 0.15) is 6.54 Å². The van der Waals surface area contributed by atoms with Gasteiger partial charge >= 0.3 is 0 Å². The van der Waals surface area contributed by atoms with Gasteiger partial charge in [0.2, 0.25) is 0 Å². The monoisotopic (exact) mass is 370 g/mol. The first kappa shape index (κ1) is 17.3. The van der Waals surface area contributed by atoms with Gasteiger partial charge in [-0.25, -0.2) is 0 Å². The number of nitrogens with zero attached hydrogens (tertiary/aromatic N) is 1. The lowest BCUT2D eigenvalue weighted by molar-refractivity contribution is -0.120. The zero-order chi connectivity index (χ0) is 17.6. The highest BCUT2D eigenvalue weighted by molar-refractivity contribution is 7.99. The van der Waals surface area contributed by atoms with Crippen LogP contribution in [0.25, 0.3) is 0 Å². The molecule has 1 amide bonds. The van der Waals surface area contributed by atoms with Crippen LogP contribution >= 0.6 is 24.0 Å². The number of benzene rings is 2. The first-order valence-electron chi connectivity index (χ1n) is 7.76. The largest absolute Gasteiger partial charge is 0.358 e. The van der Waals surface area contributed by atoms with Gasteiger partial charge in [-0.15, -0.1) is 6.58 Å². The lowest BCUT2D eigenvalue weighted by Gasteiger charge is -2.32. The van der Waals surface area contributed by atoms with Gasteiger partial charge in [0.05, 0.1) is 11.4 Å². The standard InChI is InChI=1S/C18H18N4OS2/c1-2-11-19-18(24)21-20-17(23)12-22-13-7-3-5-9-15(13)25-16-10-6-4-8-14(16)22/h2-10H,1,11-12H2,(H,20,23)(H2,19,21,24). The molecule has 1 heterocycles. The summed E-state index contributed by atoms with van der Waals surface area (Å²) in [6, 6.07) is 16.1. The van der Waals surface area contributed by atoms with Gasteiger partial charge in [0.25, 0.3) is 5.91 Å². The summed E-state index contributed by atoms with van der Waals surface area (Å²) < 4.78 is 0. The molecule has 128 valence electrons. The minimum atomic E-state index is -0.181. The number of para-hydroxylation sites is 2. The number of hydrogen-bond donors (Lipinski definition) is 3. The summed E-state index contributed by atoms with van der Waals surface area (Å²) in [6.07, 6.45) is 1.69. The first-order chi connectivity index (χ1) is 12.2. The highest BCUT2D eigenvalue weighted by Crippen LogP contribution is 2.47. The number of anilines is 2. The van der Waals surface area contributed by atoms with E-state index in [1.165, 1.54) is 0 Å². The van der Waals surface area contributed by atoms with Crippen molar-refractivity contribution in [2.45, 2.75) is 9.79 Å². The molecule has 0 aromatic heterocycles. The summed E-state index contributed by atoms with van der Waals surface area (Å²) in [4.78, 5) is 16.7. The number of thiocarbonyl (C=S) groups is 1. The van der Waals surface area contributed by atoms with Crippen molar-refractivity contribution in [1.29, 1.82) is 0 Å². The van der Waals surface area contributed by atoms with Gasteiger partial charge in [-0.1, -0.05) is 42.1 Å². The van der Waals surface area contributed by atoms with Crippen LogP contribution in [0.3, 0.4) is 0 Å². The molecule has 2 aromatic carbocycles. The smallest absolute Gasteiger partial charge is 0.258 e. The Hall–Kier alpha value is -2.51. The molecule has 0 radical (unpaired) electrons. The second kappa shape index (κ2) is 8.04. The fourth-order valence-electron chi connectivity index (χ4n) is 2.47. The van der Waals surface area contributed by atoms with E-state index in [1.54, 1.807) is 17.8 Å². The van der Waals surface area contributed by atoms with Crippen LogP contribution in [0, 0.1) is 0 Å². The van der Waals surface area contributed by atoms with E-state index in [-0.39, 0.29) is 12.5 Å². The Balaban J connectivity index is 1.72. The Morgan fingerprint density at radius 2 is 1.68 bits per heavy atom. The molecule has 3 rings (SSSR count). The van der Waals surface area contributed by atoms with Crippen molar-refractivity contribution in [2.24, 2.45) is 0 Å². The molecule has 25 heavy (non-hydrogen) atoms. The van der Waals surface area contributed by atoms with Crippen LogP contribution in [0.4, 0.5) is 11.4 Å². The number of fused-ring (bicyclic) bond motifs is 2. The molecule has 1 aliphatic heterocycles. The molecule has 0 aliphatic carbocycles. The van der Waals surface area contributed by atoms with Crippen LogP contribution in [0.2, 0.25) is 0 Å². The van der Waals surface area contributed by atoms with E-state index in [0.29, 0.717) is 11.7 Å². The third-order valence-electron chi connectivity index (χ3n) is 3.56. The lowest BCUT2D eigenvalue weighted by Crippen LogP contribution is -2.49. The van der Waals surface area contributed by atoms with Crippen LogP contribution in [-0.4, -0.2) is 24.1 Å². The van der Waals surface area contributed by atoms with E-state index in [4.69, 9.17) is 12.2 Å². The van der Waals surface area contributed by atoms with Crippen LogP contribution in [0.5, 0.6) is 0 Å². The Morgan fingerprint density at radius 3 is 2.28 bits per heavy atom. The second-order valence-electron chi connectivity index (χ2n) is 5.30.